The van der Waals surface area contributed by atoms with Crippen molar-refractivity contribution in [1.29, 1.82) is 0 Å². The Morgan fingerprint density at radius 2 is 2.18 bits per heavy atom. The van der Waals surface area contributed by atoms with Crippen LogP contribution in [-0.4, -0.2) is 65.8 Å². The zero-order chi connectivity index (χ0) is 15.7. The Labute approximate surface area is 135 Å². The lowest BCUT2D eigenvalue weighted by Crippen LogP contribution is -2.54. The van der Waals surface area contributed by atoms with Gasteiger partial charge in [0.2, 0.25) is 11.8 Å². The third-order valence-corrected chi connectivity index (χ3v) is 5.50. The Hall–Kier alpha value is -1.40. The standard InChI is InChI=1S/C16H23N3O2S/c1-17(2)16(21)10-19-14-5-7-18(9-12-6-8-22-11-12)13(14)3-4-15(19)20/h6,8,11,13-14H,3-5,7,9-10H2,1-2H3/t13-,14-/m1/s1. The summed E-state index contributed by atoms with van der Waals surface area (Å²) in [6, 6.07) is 2.76. The predicted molar refractivity (Wildman–Crippen MR) is 86.6 cm³/mol. The number of rotatable bonds is 4. The van der Waals surface area contributed by atoms with Crippen molar-refractivity contribution < 1.29 is 9.59 Å². The summed E-state index contributed by atoms with van der Waals surface area (Å²) in [6.07, 6.45) is 2.45. The molecule has 1 aromatic rings. The molecule has 0 unspecified atom stereocenters. The van der Waals surface area contributed by atoms with Crippen LogP contribution in [0.3, 0.4) is 0 Å². The van der Waals surface area contributed by atoms with Crippen LogP contribution >= 0.6 is 11.3 Å². The summed E-state index contributed by atoms with van der Waals surface area (Å²) in [5, 5.41) is 4.30. The molecule has 0 spiro atoms. The van der Waals surface area contributed by atoms with E-state index in [2.05, 4.69) is 21.7 Å². The van der Waals surface area contributed by atoms with Crippen LogP contribution in [0.25, 0.3) is 0 Å². The molecule has 2 amide bonds. The zero-order valence-electron chi connectivity index (χ0n) is 13.2. The maximum atomic E-state index is 12.3. The number of hydrogen-bond donors (Lipinski definition) is 0. The Kier molecular flexibility index (Phi) is 4.49. The molecule has 0 aromatic carbocycles. The Morgan fingerprint density at radius 1 is 1.36 bits per heavy atom. The van der Waals surface area contributed by atoms with Crippen molar-refractivity contribution in [1.82, 2.24) is 14.7 Å². The van der Waals surface area contributed by atoms with Gasteiger partial charge in [0.05, 0.1) is 0 Å². The van der Waals surface area contributed by atoms with Crippen molar-refractivity contribution in [2.45, 2.75) is 37.9 Å². The normalized spacial score (nSPS) is 25.4. The summed E-state index contributed by atoms with van der Waals surface area (Å²) in [5.41, 5.74) is 1.35. The minimum atomic E-state index is 0.00489. The highest BCUT2D eigenvalue weighted by atomic mass is 32.1. The van der Waals surface area contributed by atoms with Crippen LogP contribution < -0.4 is 0 Å². The number of hydrogen-bond acceptors (Lipinski definition) is 4. The second-order valence-corrected chi connectivity index (χ2v) is 7.15. The molecule has 6 heteroatoms. The summed E-state index contributed by atoms with van der Waals surface area (Å²) < 4.78 is 0. The molecule has 0 radical (unpaired) electrons. The Morgan fingerprint density at radius 3 is 2.86 bits per heavy atom. The molecule has 2 atom stereocenters. The fourth-order valence-corrected chi connectivity index (χ4v) is 4.20. The van der Waals surface area contributed by atoms with Gasteiger partial charge in [0, 0.05) is 45.7 Å². The minimum absolute atomic E-state index is 0.00489. The fraction of sp³-hybridized carbons (Fsp3) is 0.625. The molecule has 2 saturated heterocycles. The first-order chi connectivity index (χ1) is 10.6. The first kappa shape index (κ1) is 15.5. The lowest BCUT2D eigenvalue weighted by atomic mass is 9.96. The molecule has 2 aliphatic heterocycles. The molecule has 120 valence electrons. The van der Waals surface area contributed by atoms with Gasteiger partial charge >= 0.3 is 0 Å². The maximum Gasteiger partial charge on any atom is 0.241 e. The molecule has 0 saturated carbocycles. The van der Waals surface area contributed by atoms with Gasteiger partial charge in [-0.2, -0.15) is 11.3 Å². The second kappa shape index (κ2) is 6.38. The van der Waals surface area contributed by atoms with Crippen LogP contribution in [0.2, 0.25) is 0 Å². The average molecular weight is 321 g/mol. The largest absolute Gasteiger partial charge is 0.347 e. The van der Waals surface area contributed by atoms with E-state index in [1.165, 1.54) is 5.56 Å². The van der Waals surface area contributed by atoms with Crippen LogP contribution in [0.15, 0.2) is 16.8 Å². The molecule has 3 heterocycles. The summed E-state index contributed by atoms with van der Waals surface area (Å²) in [7, 11) is 3.48. The van der Waals surface area contributed by atoms with E-state index in [4.69, 9.17) is 0 Å². The van der Waals surface area contributed by atoms with Gasteiger partial charge in [-0.3, -0.25) is 14.5 Å². The number of thiophene rings is 1. The first-order valence-corrected chi connectivity index (χ1v) is 8.75. The van der Waals surface area contributed by atoms with Crippen LogP contribution in [-0.2, 0) is 16.1 Å². The van der Waals surface area contributed by atoms with Gasteiger partial charge in [-0.25, -0.2) is 0 Å². The fourth-order valence-electron chi connectivity index (χ4n) is 3.54. The summed E-state index contributed by atoms with van der Waals surface area (Å²) in [5.74, 6) is 0.138. The van der Waals surface area contributed by atoms with E-state index in [9.17, 15) is 9.59 Å². The van der Waals surface area contributed by atoms with Crippen molar-refractivity contribution in [2.75, 3.05) is 27.2 Å². The smallest absolute Gasteiger partial charge is 0.241 e. The van der Waals surface area contributed by atoms with E-state index in [1.807, 2.05) is 4.90 Å². The number of piperidine rings is 1. The molecule has 0 bridgehead atoms. The van der Waals surface area contributed by atoms with Crippen LogP contribution in [0.1, 0.15) is 24.8 Å². The summed E-state index contributed by atoms with van der Waals surface area (Å²) >= 11 is 1.72. The highest BCUT2D eigenvalue weighted by Gasteiger charge is 2.43. The van der Waals surface area contributed by atoms with E-state index in [0.29, 0.717) is 12.5 Å². The number of carbonyl (C=O) groups excluding carboxylic acids is 2. The Bertz CT molecular complexity index is 544. The highest BCUT2D eigenvalue weighted by molar-refractivity contribution is 7.07. The zero-order valence-corrected chi connectivity index (χ0v) is 14.0. The number of likely N-dealkylation sites (N-methyl/N-ethyl adjacent to an activating group) is 1. The molecule has 3 rings (SSSR count). The van der Waals surface area contributed by atoms with Crippen LogP contribution in [0.5, 0.6) is 0 Å². The molecular formula is C16H23N3O2S. The van der Waals surface area contributed by atoms with Gasteiger partial charge in [-0.15, -0.1) is 0 Å². The summed E-state index contributed by atoms with van der Waals surface area (Å²) in [4.78, 5) is 30.1. The van der Waals surface area contributed by atoms with Crippen molar-refractivity contribution in [3.8, 4) is 0 Å². The maximum absolute atomic E-state index is 12.3. The van der Waals surface area contributed by atoms with E-state index in [1.54, 1.807) is 30.3 Å². The predicted octanol–water partition coefficient (Wildman–Crippen LogP) is 1.40. The van der Waals surface area contributed by atoms with Gasteiger partial charge < -0.3 is 9.80 Å². The quantitative estimate of drug-likeness (QED) is 0.842. The average Bonchev–Trinajstić information content (AvgIpc) is 3.12. The molecule has 0 aliphatic carbocycles. The molecule has 0 N–H and O–H groups in total. The number of fused-ring (bicyclic) bond motifs is 1. The van der Waals surface area contributed by atoms with E-state index in [-0.39, 0.29) is 24.4 Å². The molecular weight excluding hydrogens is 298 g/mol. The van der Waals surface area contributed by atoms with Gasteiger partial charge in [-0.1, -0.05) is 0 Å². The van der Waals surface area contributed by atoms with Gasteiger partial charge in [0.15, 0.2) is 0 Å². The molecule has 5 nitrogen and oxygen atoms in total. The topological polar surface area (TPSA) is 43.9 Å². The van der Waals surface area contributed by atoms with E-state index >= 15 is 0 Å². The van der Waals surface area contributed by atoms with Crippen molar-refractivity contribution in [3.05, 3.63) is 22.4 Å². The monoisotopic (exact) mass is 321 g/mol. The molecule has 22 heavy (non-hydrogen) atoms. The lowest BCUT2D eigenvalue weighted by Gasteiger charge is -2.39. The number of likely N-dealkylation sites (tertiary alicyclic amines) is 2. The molecule has 1 aromatic heterocycles. The SMILES string of the molecule is CN(C)C(=O)CN1C(=O)CC[C@@H]2[C@H]1CCN2Cc1ccsc1. The molecule has 2 aliphatic rings. The lowest BCUT2D eigenvalue weighted by molar-refractivity contribution is -0.144. The van der Waals surface area contributed by atoms with E-state index in [0.717, 1.165) is 25.9 Å². The van der Waals surface area contributed by atoms with Crippen molar-refractivity contribution in [3.63, 3.8) is 0 Å². The minimum Gasteiger partial charge on any atom is -0.347 e. The van der Waals surface area contributed by atoms with E-state index < -0.39 is 0 Å². The number of carbonyl (C=O) groups is 2. The Balaban J connectivity index is 1.69. The third kappa shape index (κ3) is 3.03. The van der Waals surface area contributed by atoms with Gasteiger partial charge in [0.1, 0.15) is 6.54 Å². The summed E-state index contributed by atoms with van der Waals surface area (Å²) in [6.45, 7) is 2.18. The van der Waals surface area contributed by atoms with Gasteiger partial charge in [-0.05, 0) is 35.2 Å². The number of amides is 2. The second-order valence-electron chi connectivity index (χ2n) is 6.37. The first-order valence-electron chi connectivity index (χ1n) is 7.81. The van der Waals surface area contributed by atoms with Gasteiger partial charge in [0.25, 0.3) is 0 Å². The molecule has 2 fully saturated rings. The van der Waals surface area contributed by atoms with Crippen LogP contribution in [0, 0.1) is 0 Å². The van der Waals surface area contributed by atoms with Crippen molar-refractivity contribution >= 4 is 23.2 Å². The third-order valence-electron chi connectivity index (χ3n) is 4.77. The highest BCUT2D eigenvalue weighted by Crippen LogP contribution is 2.32. The van der Waals surface area contributed by atoms with Crippen molar-refractivity contribution in [2.24, 2.45) is 0 Å². The van der Waals surface area contributed by atoms with Crippen LogP contribution in [0.4, 0.5) is 0 Å². The number of nitrogens with zero attached hydrogens (tertiary/aromatic N) is 3.